The number of primary amides is 1. The van der Waals surface area contributed by atoms with Crippen LogP contribution < -0.4 is 11.1 Å². The van der Waals surface area contributed by atoms with Gasteiger partial charge in [-0.2, -0.15) is 13.2 Å². The van der Waals surface area contributed by atoms with E-state index in [9.17, 15) is 18.0 Å². The SMILES string of the molecule is Cc1cc(Nc2nccc(C(F)(F)F)n2)cc(-c2cnc(CC(C)(C)C(N)=O)s2)c1. The number of rotatable bonds is 6. The molecule has 1 aromatic carbocycles. The lowest BCUT2D eigenvalue weighted by Gasteiger charge is -2.18. The van der Waals surface area contributed by atoms with Gasteiger partial charge < -0.3 is 11.1 Å². The Morgan fingerprint density at radius 2 is 1.93 bits per heavy atom. The normalized spacial score (nSPS) is 12.1. The zero-order valence-corrected chi connectivity index (χ0v) is 17.4. The third-order valence-corrected chi connectivity index (χ3v) is 5.42. The van der Waals surface area contributed by atoms with E-state index in [2.05, 4.69) is 20.3 Å². The van der Waals surface area contributed by atoms with Crippen LogP contribution in [0, 0.1) is 12.3 Å². The lowest BCUT2D eigenvalue weighted by molar-refractivity contribution is -0.141. The standard InChI is InChI=1S/C20H20F3N5OS/c1-11-6-12(14-10-26-16(30-14)9-19(2,3)17(24)29)8-13(7-11)27-18-25-5-4-15(28-18)20(21,22)23/h4-8,10H,9H2,1-3H3,(H2,24,29)(H,25,27,28). The van der Waals surface area contributed by atoms with Crippen molar-refractivity contribution in [1.29, 1.82) is 0 Å². The number of carbonyl (C=O) groups is 1. The summed E-state index contributed by atoms with van der Waals surface area (Å²) in [6, 6.07) is 6.33. The molecule has 3 aromatic rings. The first-order chi connectivity index (χ1) is 13.9. The molecule has 0 aliphatic carbocycles. The second-order valence-electron chi connectivity index (χ2n) is 7.52. The molecule has 158 valence electrons. The lowest BCUT2D eigenvalue weighted by atomic mass is 9.89. The van der Waals surface area contributed by atoms with Gasteiger partial charge in [-0.15, -0.1) is 11.3 Å². The van der Waals surface area contributed by atoms with Crippen molar-refractivity contribution in [2.75, 3.05) is 5.32 Å². The molecular formula is C20H20F3N5OS. The summed E-state index contributed by atoms with van der Waals surface area (Å²) in [5.74, 6) is -0.544. The van der Waals surface area contributed by atoms with Gasteiger partial charge in [0.2, 0.25) is 11.9 Å². The minimum absolute atomic E-state index is 0.144. The van der Waals surface area contributed by atoms with Crippen LogP contribution in [0.3, 0.4) is 0 Å². The third-order valence-electron chi connectivity index (χ3n) is 4.38. The van der Waals surface area contributed by atoms with Gasteiger partial charge >= 0.3 is 6.18 Å². The van der Waals surface area contributed by atoms with Crippen molar-refractivity contribution in [3.05, 3.63) is 52.9 Å². The lowest BCUT2D eigenvalue weighted by Crippen LogP contribution is -2.33. The Morgan fingerprint density at radius 1 is 1.20 bits per heavy atom. The highest BCUT2D eigenvalue weighted by Gasteiger charge is 2.32. The maximum atomic E-state index is 12.9. The van der Waals surface area contributed by atoms with E-state index in [1.807, 2.05) is 13.0 Å². The Bertz CT molecular complexity index is 1080. The van der Waals surface area contributed by atoms with Crippen molar-refractivity contribution < 1.29 is 18.0 Å². The zero-order valence-electron chi connectivity index (χ0n) is 16.5. The number of hydrogen-bond donors (Lipinski definition) is 2. The van der Waals surface area contributed by atoms with E-state index in [0.717, 1.165) is 33.3 Å². The molecule has 0 fully saturated rings. The summed E-state index contributed by atoms with van der Waals surface area (Å²) in [6.45, 7) is 5.40. The number of nitrogens with zero attached hydrogens (tertiary/aromatic N) is 3. The number of hydrogen-bond acceptors (Lipinski definition) is 6. The van der Waals surface area contributed by atoms with Crippen molar-refractivity contribution in [1.82, 2.24) is 15.0 Å². The Kier molecular flexibility index (Phi) is 5.80. The first kappa shape index (κ1) is 21.7. The smallest absolute Gasteiger partial charge is 0.369 e. The number of thiazole rings is 1. The minimum Gasteiger partial charge on any atom is -0.369 e. The summed E-state index contributed by atoms with van der Waals surface area (Å²) in [4.78, 5) is 24.2. The van der Waals surface area contributed by atoms with E-state index in [-0.39, 0.29) is 5.95 Å². The Morgan fingerprint density at radius 3 is 2.60 bits per heavy atom. The molecule has 2 aromatic heterocycles. The molecule has 10 heteroatoms. The first-order valence-electron chi connectivity index (χ1n) is 8.98. The van der Waals surface area contributed by atoms with Gasteiger partial charge in [0.25, 0.3) is 0 Å². The average molecular weight is 435 g/mol. The summed E-state index contributed by atoms with van der Waals surface area (Å²) in [7, 11) is 0. The molecule has 0 radical (unpaired) electrons. The van der Waals surface area contributed by atoms with Gasteiger partial charge in [0, 0.05) is 29.9 Å². The molecule has 3 N–H and O–H groups in total. The van der Waals surface area contributed by atoms with Crippen LogP contribution in [0.5, 0.6) is 0 Å². The highest BCUT2D eigenvalue weighted by molar-refractivity contribution is 7.15. The molecule has 2 heterocycles. The number of aromatic nitrogens is 3. The Hall–Kier alpha value is -3.01. The van der Waals surface area contributed by atoms with Gasteiger partial charge in [-0.3, -0.25) is 4.79 Å². The van der Waals surface area contributed by atoms with Crippen molar-refractivity contribution in [3.63, 3.8) is 0 Å². The maximum Gasteiger partial charge on any atom is 0.433 e. The molecule has 0 saturated heterocycles. The number of aryl methyl sites for hydroxylation is 1. The van der Waals surface area contributed by atoms with E-state index in [4.69, 9.17) is 5.73 Å². The van der Waals surface area contributed by atoms with Crippen LogP contribution >= 0.6 is 11.3 Å². The van der Waals surface area contributed by atoms with Crippen LogP contribution in [-0.4, -0.2) is 20.9 Å². The predicted molar refractivity (Wildman–Crippen MR) is 109 cm³/mol. The molecular weight excluding hydrogens is 415 g/mol. The monoisotopic (exact) mass is 435 g/mol. The summed E-state index contributed by atoms with van der Waals surface area (Å²) in [6.07, 6.45) is -1.36. The summed E-state index contributed by atoms with van der Waals surface area (Å²) in [5, 5.41) is 3.60. The van der Waals surface area contributed by atoms with Crippen molar-refractivity contribution in [2.24, 2.45) is 11.1 Å². The highest BCUT2D eigenvalue weighted by Crippen LogP contribution is 2.33. The summed E-state index contributed by atoms with van der Waals surface area (Å²) < 4.78 is 38.6. The number of alkyl halides is 3. The van der Waals surface area contributed by atoms with E-state index in [1.54, 1.807) is 32.2 Å². The number of nitrogens with two attached hydrogens (primary N) is 1. The van der Waals surface area contributed by atoms with Crippen molar-refractivity contribution in [3.8, 4) is 10.4 Å². The van der Waals surface area contributed by atoms with E-state index < -0.39 is 23.2 Å². The molecule has 0 aliphatic rings. The molecule has 0 aliphatic heterocycles. The Balaban J connectivity index is 1.86. The second-order valence-corrected chi connectivity index (χ2v) is 8.63. The predicted octanol–water partition coefficient (Wildman–Crippen LogP) is 4.72. The number of benzene rings is 1. The van der Waals surface area contributed by atoms with Gasteiger partial charge in [0.05, 0.1) is 9.88 Å². The number of anilines is 2. The number of carbonyl (C=O) groups excluding carboxylic acids is 1. The van der Waals surface area contributed by atoms with E-state index in [0.29, 0.717) is 12.1 Å². The average Bonchev–Trinajstić information content (AvgIpc) is 3.08. The zero-order chi connectivity index (χ0) is 22.1. The summed E-state index contributed by atoms with van der Waals surface area (Å²) in [5.41, 5.74) is 5.99. The van der Waals surface area contributed by atoms with Gasteiger partial charge in [0.15, 0.2) is 0 Å². The first-order valence-corrected chi connectivity index (χ1v) is 9.80. The topological polar surface area (TPSA) is 93.8 Å². The number of nitrogens with one attached hydrogen (secondary N) is 1. The number of amides is 1. The fourth-order valence-corrected chi connectivity index (χ4v) is 3.83. The minimum atomic E-state index is -4.55. The molecule has 6 nitrogen and oxygen atoms in total. The van der Waals surface area contributed by atoms with Crippen molar-refractivity contribution in [2.45, 2.75) is 33.4 Å². The van der Waals surface area contributed by atoms with Gasteiger partial charge in [0.1, 0.15) is 5.69 Å². The van der Waals surface area contributed by atoms with Gasteiger partial charge in [-0.25, -0.2) is 15.0 Å². The van der Waals surface area contributed by atoms with Crippen LogP contribution in [0.4, 0.5) is 24.8 Å². The van der Waals surface area contributed by atoms with Crippen LogP contribution in [-0.2, 0) is 17.4 Å². The van der Waals surface area contributed by atoms with E-state index >= 15 is 0 Å². The summed E-state index contributed by atoms with van der Waals surface area (Å²) >= 11 is 1.43. The third kappa shape index (κ3) is 5.12. The fourth-order valence-electron chi connectivity index (χ4n) is 2.69. The molecule has 3 rings (SSSR count). The van der Waals surface area contributed by atoms with Crippen LogP contribution in [0.2, 0.25) is 0 Å². The Labute approximate surface area is 175 Å². The number of halogens is 3. The highest BCUT2D eigenvalue weighted by atomic mass is 32.1. The molecule has 0 unspecified atom stereocenters. The second kappa shape index (κ2) is 8.02. The molecule has 0 bridgehead atoms. The largest absolute Gasteiger partial charge is 0.433 e. The molecule has 1 amide bonds. The fraction of sp³-hybridized carbons (Fsp3) is 0.300. The van der Waals surface area contributed by atoms with Crippen molar-refractivity contribution >= 4 is 28.9 Å². The maximum absolute atomic E-state index is 12.9. The molecule has 30 heavy (non-hydrogen) atoms. The van der Waals surface area contributed by atoms with Crippen LogP contribution in [0.1, 0.15) is 30.1 Å². The van der Waals surface area contributed by atoms with Gasteiger partial charge in [-0.1, -0.05) is 19.9 Å². The quantitative estimate of drug-likeness (QED) is 0.584. The molecule has 0 atom stereocenters. The molecule has 0 spiro atoms. The van der Waals surface area contributed by atoms with Gasteiger partial charge in [-0.05, 0) is 36.2 Å². The molecule has 0 saturated carbocycles. The van der Waals surface area contributed by atoms with Crippen LogP contribution in [0.15, 0.2) is 36.7 Å². The van der Waals surface area contributed by atoms with Crippen LogP contribution in [0.25, 0.3) is 10.4 Å². The van der Waals surface area contributed by atoms with E-state index in [1.165, 1.54) is 11.3 Å².